The number of unbranched alkanes of at least 4 members (excludes halogenated alkanes) is 56. The summed E-state index contributed by atoms with van der Waals surface area (Å²) in [6, 6.07) is 0. The molecule has 0 bridgehead atoms. The van der Waals surface area contributed by atoms with Gasteiger partial charge in [0.1, 0.15) is 19.3 Å². The first-order valence-electron chi connectivity index (χ1n) is 46.1. The summed E-state index contributed by atoms with van der Waals surface area (Å²) in [6.07, 6.45) is 73.8. The van der Waals surface area contributed by atoms with E-state index in [-0.39, 0.29) is 25.7 Å². The monoisotopic (exact) mass is 1580 g/mol. The lowest BCUT2D eigenvalue weighted by atomic mass is 9.99. The first-order chi connectivity index (χ1) is 52.4. The number of hydrogen-bond donors (Lipinski definition) is 3. The van der Waals surface area contributed by atoms with Crippen molar-refractivity contribution in [1.82, 2.24) is 0 Å². The van der Waals surface area contributed by atoms with Crippen molar-refractivity contribution >= 4 is 39.5 Å². The molecule has 19 heteroatoms. The van der Waals surface area contributed by atoms with Crippen LogP contribution in [0, 0.1) is 11.8 Å². The van der Waals surface area contributed by atoms with E-state index in [1.165, 1.54) is 283 Å². The summed E-state index contributed by atoms with van der Waals surface area (Å²) in [5.41, 5.74) is 0. The van der Waals surface area contributed by atoms with Gasteiger partial charge in [0.05, 0.1) is 26.4 Å². The highest BCUT2D eigenvalue weighted by Crippen LogP contribution is 2.45. The number of esters is 4. The number of phosphoric acid groups is 2. The molecule has 0 saturated heterocycles. The van der Waals surface area contributed by atoms with E-state index >= 15 is 0 Å². The van der Waals surface area contributed by atoms with Gasteiger partial charge in [0.2, 0.25) is 0 Å². The zero-order chi connectivity index (χ0) is 79.2. The molecule has 642 valence electrons. The molecule has 0 aliphatic carbocycles. The van der Waals surface area contributed by atoms with E-state index in [9.17, 15) is 43.2 Å². The topological polar surface area (TPSA) is 237 Å². The second kappa shape index (κ2) is 80.3. The van der Waals surface area contributed by atoms with Crippen LogP contribution in [0.2, 0.25) is 0 Å². The van der Waals surface area contributed by atoms with Crippen molar-refractivity contribution in [2.24, 2.45) is 11.8 Å². The minimum Gasteiger partial charge on any atom is -0.462 e. The number of carbonyl (C=O) groups is 4. The van der Waals surface area contributed by atoms with Crippen molar-refractivity contribution in [3.63, 3.8) is 0 Å². The molecule has 7 atom stereocenters. The summed E-state index contributed by atoms with van der Waals surface area (Å²) < 4.78 is 68.9. The summed E-state index contributed by atoms with van der Waals surface area (Å²) >= 11 is 0. The highest BCUT2D eigenvalue weighted by atomic mass is 31.2. The van der Waals surface area contributed by atoms with Gasteiger partial charge in [0.25, 0.3) is 0 Å². The summed E-state index contributed by atoms with van der Waals surface area (Å²) in [6.45, 7) is 9.76. The van der Waals surface area contributed by atoms with Crippen LogP contribution in [0.1, 0.15) is 478 Å². The van der Waals surface area contributed by atoms with Gasteiger partial charge in [-0.15, -0.1) is 0 Å². The molecule has 17 nitrogen and oxygen atoms in total. The van der Waals surface area contributed by atoms with E-state index in [4.69, 9.17) is 37.0 Å². The van der Waals surface area contributed by atoms with Crippen LogP contribution in [0.15, 0.2) is 0 Å². The number of rotatable bonds is 88. The minimum atomic E-state index is -4.97. The van der Waals surface area contributed by atoms with Gasteiger partial charge in [-0.3, -0.25) is 37.3 Å². The maximum atomic E-state index is 13.2. The molecule has 0 saturated carbocycles. The van der Waals surface area contributed by atoms with Gasteiger partial charge >= 0.3 is 39.5 Å². The Bertz CT molecular complexity index is 2070. The van der Waals surface area contributed by atoms with E-state index in [0.717, 1.165) is 115 Å². The van der Waals surface area contributed by atoms with Crippen molar-refractivity contribution in [2.75, 3.05) is 39.6 Å². The number of carbonyl (C=O) groups excluding carboxylic acids is 4. The molecule has 0 aliphatic heterocycles. The lowest BCUT2D eigenvalue weighted by molar-refractivity contribution is -0.161. The first-order valence-corrected chi connectivity index (χ1v) is 49.1. The van der Waals surface area contributed by atoms with E-state index in [0.29, 0.717) is 25.7 Å². The number of ether oxygens (including phenoxy) is 4. The lowest BCUT2D eigenvalue weighted by Gasteiger charge is -2.21. The van der Waals surface area contributed by atoms with Gasteiger partial charge in [-0.05, 0) is 37.5 Å². The number of hydrogen-bond acceptors (Lipinski definition) is 15. The van der Waals surface area contributed by atoms with Gasteiger partial charge in [-0.25, -0.2) is 9.13 Å². The summed E-state index contributed by atoms with van der Waals surface area (Å²) in [5.74, 6) is -0.387. The molecular weight excluding hydrogens is 1400 g/mol. The fourth-order valence-electron chi connectivity index (χ4n) is 13.9. The smallest absolute Gasteiger partial charge is 0.462 e. The normalized spacial score (nSPS) is 14.3. The maximum absolute atomic E-state index is 13.2. The maximum Gasteiger partial charge on any atom is 0.472 e. The number of aliphatic hydroxyl groups excluding tert-OH is 1. The lowest BCUT2D eigenvalue weighted by Crippen LogP contribution is -2.30. The SMILES string of the molecule is CCCCCCCCCCCCCCCCCCCCCCCC(=O)OC[C@H](COP(=O)(O)OC[C@@H](O)COP(=O)(O)OC[C@@H](COC(=O)CCCCCCCCC)OC(=O)CCCCCCCCCCCCCCCCC(C)CC)OC(=O)CCCCCCCCCCCCCCCCCCCCC(C)CC. The van der Waals surface area contributed by atoms with Crippen molar-refractivity contribution in [2.45, 2.75) is 496 Å². The summed E-state index contributed by atoms with van der Waals surface area (Å²) in [4.78, 5) is 73.2. The predicted molar refractivity (Wildman–Crippen MR) is 446 cm³/mol. The van der Waals surface area contributed by atoms with Crippen LogP contribution >= 0.6 is 15.6 Å². The molecular formula is C89H174O17P2. The molecule has 0 aromatic rings. The van der Waals surface area contributed by atoms with E-state index < -0.39 is 97.5 Å². The molecule has 0 aliphatic rings. The average Bonchev–Trinajstić information content (AvgIpc) is 0.884. The Morgan fingerprint density at radius 2 is 0.444 bits per heavy atom. The molecule has 4 unspecified atom stereocenters. The van der Waals surface area contributed by atoms with Crippen LogP contribution in [0.5, 0.6) is 0 Å². The number of aliphatic hydroxyl groups is 1. The Hall–Kier alpha value is -1.94. The third-order valence-electron chi connectivity index (χ3n) is 21.7. The Kier molecular flexibility index (Phi) is 78.8. The largest absolute Gasteiger partial charge is 0.472 e. The molecule has 3 N–H and O–H groups in total. The highest BCUT2D eigenvalue weighted by molar-refractivity contribution is 7.47. The van der Waals surface area contributed by atoms with Crippen LogP contribution < -0.4 is 0 Å². The highest BCUT2D eigenvalue weighted by Gasteiger charge is 2.31. The molecule has 108 heavy (non-hydrogen) atoms. The molecule has 0 aromatic heterocycles. The van der Waals surface area contributed by atoms with Gasteiger partial charge in [0, 0.05) is 25.7 Å². The van der Waals surface area contributed by atoms with Crippen LogP contribution in [-0.4, -0.2) is 96.7 Å². The molecule has 0 fully saturated rings. The van der Waals surface area contributed by atoms with Crippen molar-refractivity contribution < 1.29 is 80.2 Å². The van der Waals surface area contributed by atoms with Gasteiger partial charge in [0.15, 0.2) is 12.2 Å². The third-order valence-corrected chi connectivity index (χ3v) is 23.6. The van der Waals surface area contributed by atoms with Crippen molar-refractivity contribution in [3.05, 3.63) is 0 Å². The quantitative estimate of drug-likeness (QED) is 0.0222. The van der Waals surface area contributed by atoms with Crippen LogP contribution in [-0.2, 0) is 65.4 Å². The Morgan fingerprint density at radius 1 is 0.259 bits per heavy atom. The molecule has 0 amide bonds. The standard InChI is InChI=1S/C89H174O17P2/c1-7-11-13-15-17-18-19-20-21-22-23-24-25-29-32-38-43-48-54-60-66-72-87(92)100-78-85(106-89(94)74-67-61-55-49-44-39-33-30-27-26-28-31-36-41-46-52-57-63-69-81(5)9-3)80-104-108(97,98)102-76-83(90)75-101-107(95,96)103-79-84(77-99-86(91)71-65-59-51-16-14-12-8-2)105-88(93)73-68-62-56-50-45-40-35-34-37-42-47-53-58-64-70-82(6)10-4/h81-85,90H,7-80H2,1-6H3,(H,95,96)(H,97,98)/t81?,82?,83-,84+,85+/m0/s1. The average molecular weight is 1580 g/mol. The Balaban J connectivity index is 5.15. The second-order valence-corrected chi connectivity index (χ2v) is 35.4. The first kappa shape index (κ1) is 106. The second-order valence-electron chi connectivity index (χ2n) is 32.5. The van der Waals surface area contributed by atoms with Gasteiger partial charge < -0.3 is 33.8 Å². The Labute approximate surface area is 664 Å². The number of phosphoric ester groups is 2. The van der Waals surface area contributed by atoms with Crippen LogP contribution in [0.25, 0.3) is 0 Å². The predicted octanol–water partition coefficient (Wildman–Crippen LogP) is 27.4. The zero-order valence-corrected chi connectivity index (χ0v) is 73.0. The zero-order valence-electron chi connectivity index (χ0n) is 71.2. The fourth-order valence-corrected chi connectivity index (χ4v) is 15.5. The van der Waals surface area contributed by atoms with E-state index in [1.54, 1.807) is 0 Å². The summed E-state index contributed by atoms with van der Waals surface area (Å²) in [5, 5.41) is 10.7. The van der Waals surface area contributed by atoms with Crippen LogP contribution in [0.3, 0.4) is 0 Å². The molecule has 0 rings (SSSR count). The fraction of sp³-hybridized carbons (Fsp3) is 0.955. The van der Waals surface area contributed by atoms with Crippen molar-refractivity contribution in [3.8, 4) is 0 Å². The Morgan fingerprint density at radius 3 is 0.657 bits per heavy atom. The molecule has 0 spiro atoms. The van der Waals surface area contributed by atoms with E-state index in [2.05, 4.69) is 41.5 Å². The van der Waals surface area contributed by atoms with Gasteiger partial charge in [-0.1, -0.05) is 427 Å². The molecule has 0 aromatic carbocycles. The summed E-state index contributed by atoms with van der Waals surface area (Å²) in [7, 11) is -9.93. The minimum absolute atomic E-state index is 0.108. The molecule has 0 radical (unpaired) electrons. The van der Waals surface area contributed by atoms with Crippen LogP contribution in [0.4, 0.5) is 0 Å². The van der Waals surface area contributed by atoms with Crippen molar-refractivity contribution in [1.29, 1.82) is 0 Å². The molecule has 0 heterocycles. The third kappa shape index (κ3) is 79.3. The van der Waals surface area contributed by atoms with E-state index in [1.807, 2.05) is 0 Å². The van der Waals surface area contributed by atoms with Gasteiger partial charge in [-0.2, -0.15) is 0 Å².